The number of aryl methyl sites for hydroxylation is 1. The van der Waals surface area contributed by atoms with Gasteiger partial charge in [-0.1, -0.05) is 0 Å². The molecule has 1 atom stereocenters. The highest BCUT2D eigenvalue weighted by Gasteiger charge is 2.23. The molecule has 10 heteroatoms. The highest BCUT2D eigenvalue weighted by Crippen LogP contribution is 2.24. The number of nitrogens with zero attached hydrogens (tertiary/aromatic N) is 3. The molecule has 0 radical (unpaired) electrons. The average molecular weight is 442 g/mol. The summed E-state index contributed by atoms with van der Waals surface area (Å²) in [6.07, 6.45) is 1.63. The second-order valence-electron chi connectivity index (χ2n) is 7.91. The number of anilines is 1. The normalized spacial score (nSPS) is 15.9. The van der Waals surface area contributed by atoms with E-state index in [4.69, 9.17) is 4.42 Å². The van der Waals surface area contributed by atoms with Crippen molar-refractivity contribution in [3.8, 4) is 0 Å². The van der Waals surface area contributed by atoms with E-state index in [1.165, 1.54) is 34.9 Å². The number of nitro groups is 1. The summed E-state index contributed by atoms with van der Waals surface area (Å²) in [6, 6.07) is 10.4. The van der Waals surface area contributed by atoms with Crippen LogP contribution in [0.1, 0.15) is 19.3 Å². The van der Waals surface area contributed by atoms with E-state index in [0.29, 0.717) is 24.4 Å². The molecule has 0 spiro atoms. The number of aromatic nitrogens is 1. The van der Waals surface area contributed by atoms with Gasteiger partial charge in [0.15, 0.2) is 5.58 Å². The molecule has 2 aromatic carbocycles. The van der Waals surface area contributed by atoms with Crippen LogP contribution in [0.5, 0.6) is 0 Å². The largest absolute Gasteiger partial charge is 0.419 e. The first-order valence-corrected chi connectivity index (χ1v) is 10.5. The van der Waals surface area contributed by atoms with Gasteiger partial charge in [0.2, 0.25) is 5.91 Å². The van der Waals surface area contributed by atoms with E-state index in [1.807, 2.05) is 0 Å². The van der Waals surface area contributed by atoms with Crippen molar-refractivity contribution < 1.29 is 18.5 Å². The maximum absolute atomic E-state index is 13.1. The summed E-state index contributed by atoms with van der Waals surface area (Å²) in [5, 5.41) is 13.8. The standard InChI is InChI=1S/C22H23FN4O5/c23-16-3-5-17(6-4-16)25-11-9-15(14-25)13-24-21(28)2-1-10-26-19-8-7-18(27(30)31)12-20(19)32-22(26)29/h3-8,12,15H,1-2,9-11,13-14H2,(H,24,28). The van der Waals surface area contributed by atoms with Crippen LogP contribution in [-0.4, -0.2) is 35.0 Å². The molecule has 1 aromatic heterocycles. The number of hydrogen-bond donors (Lipinski definition) is 1. The molecule has 1 fully saturated rings. The lowest BCUT2D eigenvalue weighted by Gasteiger charge is -2.18. The molecule has 1 unspecified atom stereocenters. The lowest BCUT2D eigenvalue weighted by Crippen LogP contribution is -2.31. The first-order valence-electron chi connectivity index (χ1n) is 10.5. The van der Waals surface area contributed by atoms with Gasteiger partial charge in [-0.25, -0.2) is 9.18 Å². The van der Waals surface area contributed by atoms with E-state index in [-0.39, 0.29) is 36.0 Å². The minimum atomic E-state index is -0.604. The Morgan fingerprint density at radius 2 is 2.03 bits per heavy atom. The van der Waals surface area contributed by atoms with Crippen LogP contribution in [0.2, 0.25) is 0 Å². The van der Waals surface area contributed by atoms with Crippen LogP contribution < -0.4 is 16.0 Å². The van der Waals surface area contributed by atoms with Gasteiger partial charge in [0.1, 0.15) is 5.82 Å². The Labute approximate surface area is 182 Å². The Bertz CT molecular complexity index is 1190. The van der Waals surface area contributed by atoms with Gasteiger partial charge in [0.25, 0.3) is 5.69 Å². The predicted molar refractivity (Wildman–Crippen MR) is 116 cm³/mol. The maximum atomic E-state index is 13.1. The highest BCUT2D eigenvalue weighted by atomic mass is 19.1. The summed E-state index contributed by atoms with van der Waals surface area (Å²) in [5.74, 6) is -0.640. The Morgan fingerprint density at radius 3 is 2.78 bits per heavy atom. The second-order valence-corrected chi connectivity index (χ2v) is 7.91. The zero-order valence-electron chi connectivity index (χ0n) is 17.3. The number of oxazole rings is 1. The van der Waals surface area contributed by atoms with Crippen molar-refractivity contribution in [1.29, 1.82) is 0 Å². The summed E-state index contributed by atoms with van der Waals surface area (Å²) in [4.78, 5) is 36.8. The monoisotopic (exact) mass is 442 g/mol. The van der Waals surface area contributed by atoms with Crippen molar-refractivity contribution in [2.45, 2.75) is 25.8 Å². The number of carbonyl (C=O) groups is 1. The third kappa shape index (κ3) is 4.79. The van der Waals surface area contributed by atoms with Gasteiger partial charge in [0.05, 0.1) is 16.5 Å². The third-order valence-electron chi connectivity index (χ3n) is 5.71. The van der Waals surface area contributed by atoms with Crippen molar-refractivity contribution in [2.75, 3.05) is 24.5 Å². The molecular formula is C22H23FN4O5. The Hall–Kier alpha value is -3.69. The second kappa shape index (κ2) is 9.21. The molecule has 4 rings (SSSR count). The van der Waals surface area contributed by atoms with Gasteiger partial charge >= 0.3 is 5.76 Å². The number of nitrogens with one attached hydrogen (secondary N) is 1. The van der Waals surface area contributed by atoms with Crippen LogP contribution in [-0.2, 0) is 11.3 Å². The Kier molecular flexibility index (Phi) is 6.20. The summed E-state index contributed by atoms with van der Waals surface area (Å²) in [5.41, 5.74) is 1.44. The van der Waals surface area contributed by atoms with E-state index < -0.39 is 10.7 Å². The van der Waals surface area contributed by atoms with Gasteiger partial charge in [-0.2, -0.15) is 0 Å². The number of nitro benzene ring substituents is 1. The molecule has 9 nitrogen and oxygen atoms in total. The van der Waals surface area contributed by atoms with Gasteiger partial charge in [0, 0.05) is 44.4 Å². The van der Waals surface area contributed by atoms with Crippen molar-refractivity contribution in [2.24, 2.45) is 5.92 Å². The molecule has 1 aliphatic heterocycles. The lowest BCUT2D eigenvalue weighted by molar-refractivity contribution is -0.384. The molecule has 3 aromatic rings. The van der Waals surface area contributed by atoms with Crippen molar-refractivity contribution in [3.05, 3.63) is 68.9 Å². The molecule has 1 N–H and O–H groups in total. The van der Waals surface area contributed by atoms with Crippen molar-refractivity contribution in [3.63, 3.8) is 0 Å². The van der Waals surface area contributed by atoms with Gasteiger partial charge in [-0.15, -0.1) is 0 Å². The van der Waals surface area contributed by atoms with Gasteiger partial charge in [-0.05, 0) is 49.1 Å². The fourth-order valence-electron chi connectivity index (χ4n) is 4.01. The van der Waals surface area contributed by atoms with Crippen LogP contribution in [0.4, 0.5) is 15.8 Å². The van der Waals surface area contributed by atoms with Crippen LogP contribution in [0.25, 0.3) is 11.1 Å². The lowest BCUT2D eigenvalue weighted by atomic mass is 10.1. The summed E-state index contributed by atoms with van der Waals surface area (Å²) in [6.45, 7) is 2.50. The molecule has 0 aliphatic carbocycles. The fraction of sp³-hybridized carbons (Fsp3) is 0.364. The number of carbonyl (C=O) groups excluding carboxylic acids is 1. The first-order chi connectivity index (χ1) is 15.4. The number of rotatable bonds is 8. The predicted octanol–water partition coefficient (Wildman–Crippen LogP) is 3.06. The van der Waals surface area contributed by atoms with E-state index in [1.54, 1.807) is 12.1 Å². The van der Waals surface area contributed by atoms with Gasteiger partial charge < -0.3 is 14.6 Å². The maximum Gasteiger partial charge on any atom is 0.419 e. The summed E-state index contributed by atoms with van der Waals surface area (Å²) in [7, 11) is 0. The van der Waals surface area contributed by atoms with Crippen LogP contribution in [0.3, 0.4) is 0 Å². The smallest absolute Gasteiger partial charge is 0.407 e. The van der Waals surface area contributed by atoms with Crippen molar-refractivity contribution in [1.82, 2.24) is 9.88 Å². The van der Waals surface area contributed by atoms with Gasteiger partial charge in [-0.3, -0.25) is 19.5 Å². The van der Waals surface area contributed by atoms with E-state index in [9.17, 15) is 24.1 Å². The molecule has 0 bridgehead atoms. The summed E-state index contributed by atoms with van der Waals surface area (Å²) >= 11 is 0. The van der Waals surface area contributed by atoms with Crippen molar-refractivity contribution >= 4 is 28.4 Å². The number of hydrogen-bond acceptors (Lipinski definition) is 6. The SMILES string of the molecule is O=C(CCCn1c(=O)oc2cc([N+](=O)[O-])ccc21)NCC1CCN(c2ccc(F)cc2)C1. The Morgan fingerprint density at radius 1 is 1.25 bits per heavy atom. The number of amides is 1. The number of halogens is 1. The first kappa shape index (κ1) is 21.5. The topological polar surface area (TPSA) is 111 Å². The quantitative estimate of drug-likeness (QED) is 0.424. The molecular weight excluding hydrogens is 419 g/mol. The molecule has 2 heterocycles. The van der Waals surface area contributed by atoms with Crippen LogP contribution in [0, 0.1) is 21.8 Å². The van der Waals surface area contributed by atoms with E-state index >= 15 is 0 Å². The van der Waals surface area contributed by atoms with E-state index in [0.717, 1.165) is 25.2 Å². The molecule has 0 saturated carbocycles. The van der Waals surface area contributed by atoms with Crippen LogP contribution in [0.15, 0.2) is 51.7 Å². The highest BCUT2D eigenvalue weighted by molar-refractivity contribution is 5.76. The minimum absolute atomic E-state index is 0.0956. The zero-order chi connectivity index (χ0) is 22.7. The van der Waals surface area contributed by atoms with E-state index in [2.05, 4.69) is 10.2 Å². The molecule has 32 heavy (non-hydrogen) atoms. The molecule has 168 valence electrons. The minimum Gasteiger partial charge on any atom is -0.407 e. The molecule has 1 saturated heterocycles. The zero-order valence-corrected chi connectivity index (χ0v) is 17.3. The fourth-order valence-corrected chi connectivity index (χ4v) is 4.01. The summed E-state index contributed by atoms with van der Waals surface area (Å²) < 4.78 is 19.6. The van der Waals surface area contributed by atoms with Crippen LogP contribution >= 0.6 is 0 Å². The molecule has 1 amide bonds. The number of benzene rings is 2. The number of non-ortho nitro benzene ring substituents is 1. The Balaban J connectivity index is 1.24. The number of fused-ring (bicyclic) bond motifs is 1. The molecule has 1 aliphatic rings. The average Bonchev–Trinajstić information content (AvgIpc) is 3.36. The third-order valence-corrected chi connectivity index (χ3v) is 5.71.